The van der Waals surface area contributed by atoms with Crippen LogP contribution in [0.5, 0.6) is 0 Å². The highest BCUT2D eigenvalue weighted by Gasteiger charge is 2.02. The van der Waals surface area contributed by atoms with Gasteiger partial charge in [-0.25, -0.2) is 0 Å². The summed E-state index contributed by atoms with van der Waals surface area (Å²) in [6, 6.07) is 1.69. The van der Waals surface area contributed by atoms with Crippen LogP contribution in [0, 0.1) is 0 Å². The van der Waals surface area contributed by atoms with E-state index < -0.39 is 0 Å². The Morgan fingerprint density at radius 1 is 1.60 bits per heavy atom. The lowest BCUT2D eigenvalue weighted by Gasteiger charge is -2.03. The van der Waals surface area contributed by atoms with Gasteiger partial charge in [0.15, 0.2) is 5.76 Å². The fraction of sp³-hybridized carbons (Fsp3) is 0.556. The molecular weight excluding hydrogens is 200 g/mol. The van der Waals surface area contributed by atoms with Crippen LogP contribution in [0.4, 0.5) is 0 Å². The van der Waals surface area contributed by atoms with Crippen molar-refractivity contribution in [3.63, 3.8) is 0 Å². The molecule has 0 bridgehead atoms. The van der Waals surface area contributed by atoms with E-state index in [1.807, 2.05) is 0 Å². The molecule has 0 radical (unpaired) electrons. The minimum atomic E-state index is -0.192. The van der Waals surface area contributed by atoms with Gasteiger partial charge in [0.2, 0.25) is 5.91 Å². The zero-order valence-corrected chi connectivity index (χ0v) is 8.56. The summed E-state index contributed by atoms with van der Waals surface area (Å²) in [5.74, 6) is 0.419. The van der Waals surface area contributed by atoms with Crippen molar-refractivity contribution in [1.82, 2.24) is 10.5 Å². The summed E-state index contributed by atoms with van der Waals surface area (Å²) in [5.41, 5.74) is 0. The van der Waals surface area contributed by atoms with Crippen LogP contribution in [0.15, 0.2) is 16.8 Å². The molecule has 1 heterocycles. The third kappa shape index (κ3) is 5.14. The average molecular weight is 214 g/mol. The predicted molar refractivity (Wildman–Crippen MR) is 51.0 cm³/mol. The maximum absolute atomic E-state index is 11.2. The van der Waals surface area contributed by atoms with E-state index in [1.165, 1.54) is 6.20 Å². The summed E-state index contributed by atoms with van der Waals surface area (Å²) in [7, 11) is 1.58. The number of aromatic nitrogens is 1. The van der Waals surface area contributed by atoms with Crippen molar-refractivity contribution in [2.75, 3.05) is 26.9 Å². The van der Waals surface area contributed by atoms with E-state index in [-0.39, 0.29) is 12.5 Å². The van der Waals surface area contributed by atoms with Crippen molar-refractivity contribution < 1.29 is 18.8 Å². The van der Waals surface area contributed by atoms with Gasteiger partial charge in [0.05, 0.1) is 26.0 Å². The second kappa shape index (κ2) is 6.97. The maximum Gasteiger partial charge on any atom is 0.246 e. The number of nitrogens with one attached hydrogen (secondary N) is 1. The van der Waals surface area contributed by atoms with Gasteiger partial charge in [0.25, 0.3) is 0 Å². The van der Waals surface area contributed by atoms with Crippen LogP contribution in [0.2, 0.25) is 0 Å². The molecule has 0 unspecified atom stereocenters. The Kier molecular flexibility index (Phi) is 5.42. The van der Waals surface area contributed by atoms with Crippen LogP contribution in [-0.4, -0.2) is 38.0 Å². The average Bonchev–Trinajstić information content (AvgIpc) is 2.74. The van der Waals surface area contributed by atoms with Gasteiger partial charge < -0.3 is 19.3 Å². The molecule has 84 valence electrons. The molecule has 0 fully saturated rings. The van der Waals surface area contributed by atoms with Crippen molar-refractivity contribution in [3.8, 4) is 0 Å². The molecule has 0 saturated heterocycles. The van der Waals surface area contributed by atoms with Gasteiger partial charge in [-0.05, 0) is 0 Å². The van der Waals surface area contributed by atoms with Gasteiger partial charge in [-0.3, -0.25) is 4.79 Å². The van der Waals surface area contributed by atoms with Crippen LogP contribution >= 0.6 is 0 Å². The molecule has 6 nitrogen and oxygen atoms in total. The summed E-state index contributed by atoms with van der Waals surface area (Å²) in [6.45, 7) is 1.24. The Hall–Kier alpha value is -1.40. The Labute approximate surface area is 87.5 Å². The largest absolute Gasteiger partial charge is 0.382 e. The number of carbonyl (C=O) groups is 1. The highest BCUT2D eigenvalue weighted by Crippen LogP contribution is 1.94. The lowest BCUT2D eigenvalue weighted by molar-refractivity contribution is -0.126. The highest BCUT2D eigenvalue weighted by molar-refractivity contribution is 5.77. The van der Waals surface area contributed by atoms with Crippen molar-refractivity contribution in [3.05, 3.63) is 18.0 Å². The molecule has 1 amide bonds. The SMILES string of the molecule is COCCOCC(=O)NCc1ccno1. The fourth-order valence-electron chi connectivity index (χ4n) is 0.877. The molecular formula is C9H14N2O4. The molecule has 0 aromatic carbocycles. The summed E-state index contributed by atoms with van der Waals surface area (Å²) in [6.07, 6.45) is 1.52. The second-order valence-electron chi connectivity index (χ2n) is 2.80. The zero-order valence-electron chi connectivity index (χ0n) is 8.56. The molecule has 0 atom stereocenters. The van der Waals surface area contributed by atoms with Gasteiger partial charge in [-0.1, -0.05) is 5.16 Å². The highest BCUT2D eigenvalue weighted by atomic mass is 16.5. The Bertz CT molecular complexity index is 274. The van der Waals surface area contributed by atoms with E-state index in [0.29, 0.717) is 25.5 Å². The Morgan fingerprint density at radius 2 is 2.47 bits per heavy atom. The van der Waals surface area contributed by atoms with Crippen LogP contribution in [0.1, 0.15) is 5.76 Å². The third-order valence-electron chi connectivity index (χ3n) is 1.62. The van der Waals surface area contributed by atoms with Gasteiger partial charge in [-0.15, -0.1) is 0 Å². The van der Waals surface area contributed by atoms with E-state index in [1.54, 1.807) is 13.2 Å². The molecule has 0 aliphatic carbocycles. The molecule has 1 N–H and O–H groups in total. The van der Waals surface area contributed by atoms with E-state index in [2.05, 4.69) is 10.5 Å². The van der Waals surface area contributed by atoms with E-state index in [9.17, 15) is 4.79 Å². The minimum absolute atomic E-state index is 0.0253. The van der Waals surface area contributed by atoms with Crippen LogP contribution < -0.4 is 5.32 Å². The third-order valence-corrected chi connectivity index (χ3v) is 1.62. The van der Waals surface area contributed by atoms with Crippen LogP contribution in [0.25, 0.3) is 0 Å². The molecule has 0 aliphatic heterocycles. The van der Waals surface area contributed by atoms with Crippen LogP contribution in [0.3, 0.4) is 0 Å². The Balaban J connectivity index is 2.04. The number of ether oxygens (including phenoxy) is 2. The number of hydrogen-bond acceptors (Lipinski definition) is 5. The fourth-order valence-corrected chi connectivity index (χ4v) is 0.877. The lowest BCUT2D eigenvalue weighted by atomic mass is 10.4. The number of carbonyl (C=O) groups excluding carboxylic acids is 1. The number of hydrogen-bond donors (Lipinski definition) is 1. The first-order chi connectivity index (χ1) is 7.33. The number of rotatable bonds is 7. The van der Waals surface area contributed by atoms with E-state index >= 15 is 0 Å². The molecule has 0 aliphatic rings. The smallest absolute Gasteiger partial charge is 0.246 e. The molecule has 6 heteroatoms. The summed E-state index contributed by atoms with van der Waals surface area (Å²) < 4.78 is 14.6. The summed E-state index contributed by atoms with van der Waals surface area (Å²) in [4.78, 5) is 11.2. The minimum Gasteiger partial charge on any atom is -0.382 e. The first kappa shape index (κ1) is 11.7. The van der Waals surface area contributed by atoms with Crippen molar-refractivity contribution >= 4 is 5.91 Å². The summed E-state index contributed by atoms with van der Waals surface area (Å²) >= 11 is 0. The van der Waals surface area contributed by atoms with E-state index in [4.69, 9.17) is 14.0 Å². The summed E-state index contributed by atoms with van der Waals surface area (Å²) in [5, 5.41) is 6.14. The van der Waals surface area contributed by atoms with Gasteiger partial charge in [0, 0.05) is 13.2 Å². The van der Waals surface area contributed by atoms with Crippen molar-refractivity contribution in [2.45, 2.75) is 6.54 Å². The lowest BCUT2D eigenvalue weighted by Crippen LogP contribution is -2.27. The standard InChI is InChI=1S/C9H14N2O4/c1-13-4-5-14-7-9(12)10-6-8-2-3-11-15-8/h2-3H,4-7H2,1H3,(H,10,12). The molecule has 1 aromatic rings. The molecule has 1 aromatic heterocycles. The first-order valence-corrected chi connectivity index (χ1v) is 4.56. The topological polar surface area (TPSA) is 73.6 Å². The normalized spacial score (nSPS) is 10.2. The molecule has 1 rings (SSSR count). The first-order valence-electron chi connectivity index (χ1n) is 4.56. The monoisotopic (exact) mass is 214 g/mol. The van der Waals surface area contributed by atoms with Gasteiger partial charge in [-0.2, -0.15) is 0 Å². The Morgan fingerprint density at radius 3 is 3.13 bits per heavy atom. The van der Waals surface area contributed by atoms with Gasteiger partial charge >= 0.3 is 0 Å². The molecule has 15 heavy (non-hydrogen) atoms. The predicted octanol–water partition coefficient (Wildman–Crippen LogP) is -0.0462. The second-order valence-corrected chi connectivity index (χ2v) is 2.80. The quantitative estimate of drug-likeness (QED) is 0.644. The van der Waals surface area contributed by atoms with Crippen molar-refractivity contribution in [1.29, 1.82) is 0 Å². The molecule has 0 spiro atoms. The number of amides is 1. The van der Waals surface area contributed by atoms with Gasteiger partial charge in [0.1, 0.15) is 6.61 Å². The number of nitrogens with zero attached hydrogens (tertiary/aromatic N) is 1. The number of methoxy groups -OCH3 is 1. The van der Waals surface area contributed by atoms with Crippen molar-refractivity contribution in [2.24, 2.45) is 0 Å². The zero-order chi connectivity index (χ0) is 10.9. The maximum atomic E-state index is 11.2. The van der Waals surface area contributed by atoms with Crippen LogP contribution in [-0.2, 0) is 20.8 Å². The van der Waals surface area contributed by atoms with E-state index in [0.717, 1.165) is 0 Å². The molecule has 0 saturated carbocycles.